The maximum atomic E-state index is 4.85. The van der Waals surface area contributed by atoms with Gasteiger partial charge >= 0.3 is 0 Å². The highest BCUT2D eigenvalue weighted by Crippen LogP contribution is 2.24. The van der Waals surface area contributed by atoms with Gasteiger partial charge in [0.1, 0.15) is 5.82 Å². The minimum atomic E-state index is 0.630. The van der Waals surface area contributed by atoms with Gasteiger partial charge in [-0.15, -0.1) is 0 Å². The Balaban J connectivity index is 1.81. The van der Waals surface area contributed by atoms with Gasteiger partial charge in [-0.25, -0.2) is 9.67 Å². The smallest absolute Gasteiger partial charge is 0.253 e. The average molecular weight is 348 g/mol. The summed E-state index contributed by atoms with van der Waals surface area (Å²) >= 11 is 0. The molecule has 1 fully saturated rings. The number of benzene rings is 1. The molecule has 6 heteroatoms. The molecule has 4 rings (SSSR count). The van der Waals surface area contributed by atoms with Gasteiger partial charge in [-0.2, -0.15) is 10.1 Å². The third-order valence-corrected chi connectivity index (χ3v) is 4.80. The molecule has 1 aliphatic rings. The van der Waals surface area contributed by atoms with Crippen LogP contribution in [0.15, 0.2) is 42.5 Å². The summed E-state index contributed by atoms with van der Waals surface area (Å²) in [7, 11) is 2.16. The van der Waals surface area contributed by atoms with Gasteiger partial charge in [0.15, 0.2) is 0 Å². The number of aryl methyl sites for hydroxylation is 2. The van der Waals surface area contributed by atoms with Crippen LogP contribution in [0.5, 0.6) is 0 Å². The van der Waals surface area contributed by atoms with Crippen LogP contribution >= 0.6 is 0 Å². The number of hydrogen-bond acceptors (Lipinski definition) is 5. The first-order valence-corrected chi connectivity index (χ1v) is 9.02. The van der Waals surface area contributed by atoms with Crippen LogP contribution in [0.1, 0.15) is 11.4 Å². The van der Waals surface area contributed by atoms with Crippen molar-refractivity contribution in [1.82, 2.24) is 24.6 Å². The lowest BCUT2D eigenvalue weighted by atomic mass is 10.1. The zero-order chi connectivity index (χ0) is 18.1. The molecule has 1 saturated heterocycles. The summed E-state index contributed by atoms with van der Waals surface area (Å²) in [5, 5.41) is 4.58. The van der Waals surface area contributed by atoms with E-state index in [4.69, 9.17) is 9.97 Å². The molecule has 0 spiro atoms. The third kappa shape index (κ3) is 3.32. The Kier molecular flexibility index (Phi) is 4.42. The normalized spacial score (nSPS) is 15.4. The summed E-state index contributed by atoms with van der Waals surface area (Å²) in [5.74, 6) is 1.60. The van der Waals surface area contributed by atoms with E-state index in [2.05, 4.69) is 40.1 Å². The van der Waals surface area contributed by atoms with E-state index in [1.54, 1.807) is 0 Å². The SMILES string of the molecule is Cc1cc(C)n(-c2nc(-c3ccccc3)cc(N3CCN(C)CC3)n2)n1. The topological polar surface area (TPSA) is 50.1 Å². The van der Waals surface area contributed by atoms with Crippen molar-refractivity contribution in [2.24, 2.45) is 0 Å². The maximum Gasteiger partial charge on any atom is 0.253 e. The van der Waals surface area contributed by atoms with Crippen LogP contribution in [0.2, 0.25) is 0 Å². The lowest BCUT2D eigenvalue weighted by Gasteiger charge is -2.33. The Morgan fingerprint density at radius 1 is 0.885 bits per heavy atom. The van der Waals surface area contributed by atoms with Gasteiger partial charge in [-0.1, -0.05) is 30.3 Å². The van der Waals surface area contributed by atoms with Crippen LogP contribution in [-0.4, -0.2) is 57.9 Å². The summed E-state index contributed by atoms with van der Waals surface area (Å²) in [6, 6.07) is 14.4. The van der Waals surface area contributed by atoms with Crippen molar-refractivity contribution in [1.29, 1.82) is 0 Å². The number of piperazine rings is 1. The van der Waals surface area contributed by atoms with Crippen LogP contribution in [0.25, 0.3) is 17.2 Å². The Morgan fingerprint density at radius 3 is 2.27 bits per heavy atom. The van der Waals surface area contributed by atoms with E-state index in [-0.39, 0.29) is 0 Å². The van der Waals surface area contributed by atoms with E-state index in [1.165, 1.54) is 0 Å². The molecule has 0 aliphatic carbocycles. The summed E-state index contributed by atoms with van der Waals surface area (Å²) in [6.45, 7) is 8.05. The Morgan fingerprint density at radius 2 is 1.62 bits per heavy atom. The van der Waals surface area contributed by atoms with E-state index in [9.17, 15) is 0 Å². The predicted octanol–water partition coefficient (Wildman–Crippen LogP) is 2.70. The second-order valence-electron chi connectivity index (χ2n) is 6.91. The van der Waals surface area contributed by atoms with Gasteiger partial charge in [0.05, 0.1) is 11.4 Å². The van der Waals surface area contributed by atoms with Crippen molar-refractivity contribution in [2.45, 2.75) is 13.8 Å². The fourth-order valence-corrected chi connectivity index (χ4v) is 3.30. The molecular formula is C20H24N6. The lowest BCUT2D eigenvalue weighted by molar-refractivity contribution is 0.312. The van der Waals surface area contributed by atoms with E-state index < -0.39 is 0 Å². The van der Waals surface area contributed by atoms with Gasteiger partial charge in [0, 0.05) is 43.5 Å². The quantitative estimate of drug-likeness (QED) is 0.728. The zero-order valence-electron chi connectivity index (χ0n) is 15.6. The number of aromatic nitrogens is 4. The Hall–Kier alpha value is -2.73. The van der Waals surface area contributed by atoms with Gasteiger partial charge in [-0.3, -0.25) is 0 Å². The molecule has 0 amide bonds. The van der Waals surface area contributed by atoms with Crippen LogP contribution in [0.4, 0.5) is 5.82 Å². The molecular weight excluding hydrogens is 324 g/mol. The summed E-state index contributed by atoms with van der Waals surface area (Å²) in [4.78, 5) is 14.3. The summed E-state index contributed by atoms with van der Waals surface area (Å²) < 4.78 is 1.83. The molecule has 0 saturated carbocycles. The minimum Gasteiger partial charge on any atom is -0.354 e. The second-order valence-corrected chi connectivity index (χ2v) is 6.91. The van der Waals surface area contributed by atoms with Crippen molar-refractivity contribution in [2.75, 3.05) is 38.1 Å². The predicted molar refractivity (Wildman–Crippen MR) is 104 cm³/mol. The fourth-order valence-electron chi connectivity index (χ4n) is 3.30. The van der Waals surface area contributed by atoms with Crippen molar-refractivity contribution in [3.05, 3.63) is 53.9 Å². The summed E-state index contributed by atoms with van der Waals surface area (Å²) in [6.07, 6.45) is 0. The first-order chi connectivity index (χ1) is 12.6. The molecule has 134 valence electrons. The van der Waals surface area contributed by atoms with Crippen molar-refractivity contribution < 1.29 is 0 Å². The van der Waals surface area contributed by atoms with Crippen molar-refractivity contribution >= 4 is 5.82 Å². The molecule has 0 N–H and O–H groups in total. The molecule has 1 aromatic carbocycles. The number of rotatable bonds is 3. The van der Waals surface area contributed by atoms with Crippen molar-refractivity contribution in [3.8, 4) is 17.2 Å². The van der Waals surface area contributed by atoms with E-state index in [0.29, 0.717) is 5.95 Å². The monoisotopic (exact) mass is 348 g/mol. The summed E-state index contributed by atoms with van der Waals surface area (Å²) in [5.41, 5.74) is 4.03. The average Bonchev–Trinajstić information content (AvgIpc) is 3.01. The molecule has 2 aromatic heterocycles. The van der Waals surface area contributed by atoms with Gasteiger partial charge in [0.2, 0.25) is 0 Å². The van der Waals surface area contributed by atoms with Crippen LogP contribution in [0.3, 0.4) is 0 Å². The largest absolute Gasteiger partial charge is 0.354 e. The first kappa shape index (κ1) is 16.7. The molecule has 0 unspecified atom stereocenters. The molecule has 3 aromatic rings. The van der Waals surface area contributed by atoms with E-state index in [1.807, 2.05) is 42.8 Å². The molecule has 0 bridgehead atoms. The van der Waals surface area contributed by atoms with Crippen molar-refractivity contribution in [3.63, 3.8) is 0 Å². The highest BCUT2D eigenvalue weighted by atomic mass is 15.4. The number of nitrogens with zero attached hydrogens (tertiary/aromatic N) is 6. The molecule has 1 aliphatic heterocycles. The second kappa shape index (κ2) is 6.88. The number of hydrogen-bond donors (Lipinski definition) is 0. The minimum absolute atomic E-state index is 0.630. The van der Waals surface area contributed by atoms with Crippen LogP contribution in [0, 0.1) is 13.8 Å². The van der Waals surface area contributed by atoms with Gasteiger partial charge in [-0.05, 0) is 27.0 Å². The standard InChI is InChI=1S/C20H24N6/c1-15-13-16(2)26(23-15)20-21-18(17-7-5-4-6-8-17)14-19(22-20)25-11-9-24(3)10-12-25/h4-8,13-14H,9-12H2,1-3H3. The molecule has 3 heterocycles. The zero-order valence-corrected chi connectivity index (χ0v) is 15.6. The van der Waals surface area contributed by atoms with E-state index >= 15 is 0 Å². The van der Waals surface area contributed by atoms with Crippen LogP contribution in [-0.2, 0) is 0 Å². The maximum absolute atomic E-state index is 4.85. The van der Waals surface area contributed by atoms with Gasteiger partial charge in [0.25, 0.3) is 5.95 Å². The molecule has 0 atom stereocenters. The van der Waals surface area contributed by atoms with Gasteiger partial charge < -0.3 is 9.80 Å². The molecule has 26 heavy (non-hydrogen) atoms. The first-order valence-electron chi connectivity index (χ1n) is 9.02. The highest BCUT2D eigenvalue weighted by molar-refractivity contribution is 5.64. The Labute approximate surface area is 154 Å². The highest BCUT2D eigenvalue weighted by Gasteiger charge is 2.19. The molecule has 6 nitrogen and oxygen atoms in total. The third-order valence-electron chi connectivity index (χ3n) is 4.80. The lowest BCUT2D eigenvalue weighted by Crippen LogP contribution is -2.45. The number of anilines is 1. The Bertz CT molecular complexity index is 894. The number of likely N-dealkylation sites (N-methyl/N-ethyl adjacent to an activating group) is 1. The fraction of sp³-hybridized carbons (Fsp3) is 0.350. The molecule has 0 radical (unpaired) electrons. The van der Waals surface area contributed by atoms with Crippen LogP contribution < -0.4 is 4.90 Å². The van der Waals surface area contributed by atoms with E-state index in [0.717, 1.165) is 54.6 Å².